The van der Waals surface area contributed by atoms with Gasteiger partial charge >= 0.3 is 12.1 Å². The number of hydrogen-bond acceptors (Lipinski definition) is 4. The van der Waals surface area contributed by atoms with Gasteiger partial charge in [0.2, 0.25) is 0 Å². The number of carbonyl (C=O) groups excluding carboxylic acids is 1. The maximum absolute atomic E-state index is 13.1. The van der Waals surface area contributed by atoms with E-state index in [1.807, 2.05) is 0 Å². The van der Waals surface area contributed by atoms with Crippen LogP contribution in [-0.2, 0) is 9.53 Å². The summed E-state index contributed by atoms with van der Waals surface area (Å²) in [7, 11) is 0. The van der Waals surface area contributed by atoms with Crippen LogP contribution in [0.15, 0.2) is 30.5 Å². The van der Waals surface area contributed by atoms with Crippen molar-refractivity contribution < 1.29 is 23.8 Å². The molecule has 21 heavy (non-hydrogen) atoms. The minimum absolute atomic E-state index is 0.151. The number of pyridine rings is 1. The summed E-state index contributed by atoms with van der Waals surface area (Å²) in [4.78, 5) is 26.3. The number of carbonyl (C=O) groups is 2. The molecule has 0 saturated heterocycles. The van der Waals surface area contributed by atoms with Gasteiger partial charge in [0.05, 0.1) is 0 Å². The summed E-state index contributed by atoms with van der Waals surface area (Å²) in [5, 5.41) is 12.4. The van der Waals surface area contributed by atoms with E-state index < -0.39 is 24.0 Å². The van der Waals surface area contributed by atoms with Gasteiger partial charge in [0.1, 0.15) is 11.6 Å². The summed E-state index contributed by atoms with van der Waals surface area (Å²) in [6.07, 6.45) is -0.520. The first-order valence-corrected chi connectivity index (χ1v) is 6.25. The number of amides is 1. The van der Waals surface area contributed by atoms with Crippen LogP contribution in [0.3, 0.4) is 0 Å². The molecule has 2 aromatic rings. The molecule has 1 heterocycles. The fourth-order valence-electron chi connectivity index (χ4n) is 1.75. The fourth-order valence-corrected chi connectivity index (χ4v) is 1.75. The van der Waals surface area contributed by atoms with E-state index in [1.165, 1.54) is 24.4 Å². The van der Waals surface area contributed by atoms with Crippen molar-refractivity contribution in [3.63, 3.8) is 0 Å². The normalized spacial score (nSPS) is 11.9. The highest BCUT2D eigenvalue weighted by atomic mass is 19.1. The number of nitrogens with zero attached hydrogens (tertiary/aromatic N) is 1. The zero-order valence-corrected chi connectivity index (χ0v) is 11.2. The molecule has 7 heteroatoms. The third-order valence-corrected chi connectivity index (χ3v) is 2.81. The topological polar surface area (TPSA) is 88.5 Å². The Balaban J connectivity index is 2.12. The number of nitrogens with one attached hydrogen (secondary N) is 1. The van der Waals surface area contributed by atoms with E-state index in [0.717, 1.165) is 0 Å². The highest BCUT2D eigenvalue weighted by Gasteiger charge is 2.20. The predicted molar refractivity (Wildman–Crippen MR) is 73.5 cm³/mol. The van der Waals surface area contributed by atoms with Crippen LogP contribution in [0.1, 0.15) is 13.3 Å². The van der Waals surface area contributed by atoms with Crippen LogP contribution in [0.5, 0.6) is 0 Å². The Hall–Kier alpha value is -2.70. The molecule has 1 unspecified atom stereocenters. The van der Waals surface area contributed by atoms with Gasteiger partial charge in [0.25, 0.3) is 0 Å². The van der Waals surface area contributed by atoms with E-state index in [-0.39, 0.29) is 12.2 Å². The Bertz CT molecular complexity index is 690. The summed E-state index contributed by atoms with van der Waals surface area (Å²) >= 11 is 0. The van der Waals surface area contributed by atoms with Gasteiger partial charge in [0.15, 0.2) is 6.10 Å². The van der Waals surface area contributed by atoms with Gasteiger partial charge in [-0.2, -0.15) is 0 Å². The van der Waals surface area contributed by atoms with Crippen LogP contribution in [-0.4, -0.2) is 28.3 Å². The molecule has 0 aliphatic heterocycles. The lowest BCUT2D eigenvalue weighted by Crippen LogP contribution is -2.28. The van der Waals surface area contributed by atoms with Crippen molar-refractivity contribution in [1.29, 1.82) is 0 Å². The maximum atomic E-state index is 13.1. The summed E-state index contributed by atoms with van der Waals surface area (Å²) < 4.78 is 17.9. The first-order chi connectivity index (χ1) is 9.99. The van der Waals surface area contributed by atoms with Crippen LogP contribution >= 0.6 is 0 Å². The van der Waals surface area contributed by atoms with E-state index in [9.17, 15) is 14.0 Å². The molecule has 110 valence electrons. The molecular formula is C14H13FN2O4. The first-order valence-electron chi connectivity index (χ1n) is 6.25. The molecule has 0 fully saturated rings. The van der Waals surface area contributed by atoms with Gasteiger partial charge in [-0.25, -0.2) is 19.0 Å². The fraction of sp³-hybridized carbons (Fsp3) is 0.214. The Morgan fingerprint density at radius 2 is 2.14 bits per heavy atom. The lowest BCUT2D eigenvalue weighted by Gasteiger charge is -2.12. The molecule has 0 radical (unpaired) electrons. The second kappa shape index (κ2) is 6.17. The lowest BCUT2D eigenvalue weighted by molar-refractivity contribution is -0.146. The van der Waals surface area contributed by atoms with Gasteiger partial charge in [-0.15, -0.1) is 0 Å². The molecule has 0 aliphatic carbocycles. The zero-order valence-electron chi connectivity index (χ0n) is 11.2. The smallest absolute Gasteiger partial charge is 0.413 e. The van der Waals surface area contributed by atoms with Crippen molar-refractivity contribution >= 4 is 28.7 Å². The van der Waals surface area contributed by atoms with Crippen LogP contribution in [0, 0.1) is 5.82 Å². The average Bonchev–Trinajstić information content (AvgIpc) is 2.44. The number of carboxylic acid groups (broad SMARTS) is 1. The summed E-state index contributed by atoms with van der Waals surface area (Å²) in [6.45, 7) is 1.59. The van der Waals surface area contributed by atoms with Gasteiger partial charge in [-0.1, -0.05) is 6.92 Å². The number of anilines is 1. The second-order valence-electron chi connectivity index (χ2n) is 4.33. The molecule has 6 nitrogen and oxygen atoms in total. The number of ether oxygens (including phenoxy) is 1. The Labute approximate surface area is 119 Å². The van der Waals surface area contributed by atoms with Crippen molar-refractivity contribution in [1.82, 2.24) is 4.98 Å². The van der Waals surface area contributed by atoms with Crippen molar-refractivity contribution in [2.45, 2.75) is 19.4 Å². The number of rotatable bonds is 4. The van der Waals surface area contributed by atoms with E-state index in [1.54, 1.807) is 13.0 Å². The number of benzene rings is 1. The standard InChI is InChI=1S/C14H13FN2O4/c1-2-11(13(18)19)21-14(20)17-12-6-9-5-10(15)4-3-8(9)7-16-12/h3-7,11H,2H2,1H3,(H,18,19)(H,16,17,20). The van der Waals surface area contributed by atoms with Gasteiger partial charge in [-0.3, -0.25) is 5.32 Å². The van der Waals surface area contributed by atoms with Crippen molar-refractivity contribution in [2.24, 2.45) is 0 Å². The molecule has 0 aliphatic rings. The largest absolute Gasteiger partial charge is 0.479 e. The summed E-state index contributed by atoms with van der Waals surface area (Å²) in [5.41, 5.74) is 0. The monoisotopic (exact) mass is 292 g/mol. The molecule has 2 N–H and O–H groups in total. The van der Waals surface area contributed by atoms with Crippen LogP contribution in [0.2, 0.25) is 0 Å². The molecular weight excluding hydrogens is 279 g/mol. The Morgan fingerprint density at radius 3 is 2.81 bits per heavy atom. The van der Waals surface area contributed by atoms with Crippen LogP contribution < -0.4 is 5.32 Å². The quantitative estimate of drug-likeness (QED) is 0.904. The molecule has 1 amide bonds. The maximum Gasteiger partial charge on any atom is 0.413 e. The third kappa shape index (κ3) is 3.65. The number of hydrogen-bond donors (Lipinski definition) is 2. The van der Waals surface area contributed by atoms with Gasteiger partial charge in [0, 0.05) is 11.6 Å². The van der Waals surface area contributed by atoms with E-state index in [4.69, 9.17) is 9.84 Å². The van der Waals surface area contributed by atoms with E-state index >= 15 is 0 Å². The minimum Gasteiger partial charge on any atom is -0.479 e. The summed E-state index contributed by atoms with van der Waals surface area (Å²) in [5.74, 6) is -1.47. The molecule has 0 spiro atoms. The molecule has 2 rings (SSSR count). The minimum atomic E-state index is -1.22. The Morgan fingerprint density at radius 1 is 1.38 bits per heavy atom. The second-order valence-corrected chi connectivity index (χ2v) is 4.33. The molecule has 1 aromatic heterocycles. The molecule has 1 atom stereocenters. The highest BCUT2D eigenvalue weighted by molar-refractivity contribution is 5.90. The van der Waals surface area contributed by atoms with Crippen LogP contribution in [0.25, 0.3) is 10.8 Å². The molecule has 1 aromatic carbocycles. The highest BCUT2D eigenvalue weighted by Crippen LogP contribution is 2.18. The first kappa shape index (κ1) is 14.7. The SMILES string of the molecule is CCC(OC(=O)Nc1cc2cc(F)ccc2cn1)C(=O)O. The van der Waals surface area contributed by atoms with E-state index in [2.05, 4.69) is 10.3 Å². The number of aliphatic carboxylic acids is 1. The van der Waals surface area contributed by atoms with E-state index in [0.29, 0.717) is 10.8 Å². The summed E-state index contributed by atoms with van der Waals surface area (Å²) in [6, 6.07) is 5.66. The van der Waals surface area contributed by atoms with Gasteiger partial charge in [-0.05, 0) is 36.1 Å². The molecule has 0 saturated carbocycles. The molecule has 0 bridgehead atoms. The predicted octanol–water partition coefficient (Wildman–Crippen LogP) is 2.79. The van der Waals surface area contributed by atoms with Gasteiger partial charge < -0.3 is 9.84 Å². The zero-order chi connectivity index (χ0) is 15.4. The van der Waals surface area contributed by atoms with Crippen molar-refractivity contribution in [3.05, 3.63) is 36.3 Å². The number of aromatic nitrogens is 1. The average molecular weight is 292 g/mol. The Kier molecular flexibility index (Phi) is 4.32. The third-order valence-electron chi connectivity index (χ3n) is 2.81. The van der Waals surface area contributed by atoms with Crippen molar-refractivity contribution in [2.75, 3.05) is 5.32 Å². The number of carboxylic acids is 1. The van der Waals surface area contributed by atoms with Crippen LogP contribution in [0.4, 0.5) is 15.0 Å². The van der Waals surface area contributed by atoms with Crippen molar-refractivity contribution in [3.8, 4) is 0 Å². The lowest BCUT2D eigenvalue weighted by atomic mass is 10.2. The number of fused-ring (bicyclic) bond motifs is 1. The number of halogens is 1.